The van der Waals surface area contributed by atoms with Gasteiger partial charge in [-0.05, 0) is 58.4 Å². The van der Waals surface area contributed by atoms with E-state index in [-0.39, 0.29) is 0 Å². The van der Waals surface area contributed by atoms with E-state index < -0.39 is 11.8 Å². The number of aromatic nitrogens is 1. The first kappa shape index (κ1) is 21.3. The molecule has 0 bridgehead atoms. The summed E-state index contributed by atoms with van der Waals surface area (Å²) in [6.07, 6.45) is 1.65. The Labute approximate surface area is 183 Å². The zero-order valence-electron chi connectivity index (χ0n) is 15.0. The third-order valence-corrected chi connectivity index (χ3v) is 5.80. The van der Waals surface area contributed by atoms with E-state index in [4.69, 9.17) is 15.2 Å². The molecule has 1 heterocycles. The molecule has 6 nitrogen and oxygen atoms in total. The monoisotopic (exact) mass is 495 g/mol. The van der Waals surface area contributed by atoms with Crippen molar-refractivity contribution in [3.63, 3.8) is 0 Å². The number of carbonyl (C=O) groups excluding carboxylic acids is 1. The van der Waals surface area contributed by atoms with Gasteiger partial charge < -0.3 is 15.2 Å². The highest BCUT2D eigenvalue weighted by molar-refractivity contribution is 9.10. The maximum absolute atomic E-state index is 13.4. The smallest absolute Gasteiger partial charge is 0.322 e. The fourth-order valence-corrected chi connectivity index (χ4v) is 4.00. The standard InChI is InChI=1S/C19H15BrFN3O3S2/c1-26-12-3-2-4-13(8-12)28-14-9-17(18(23-10-14)29-24-19(22)25)27-16-6-5-11(21)7-15(16)20/h2-10H,1H3,(H3,22,24,25). The van der Waals surface area contributed by atoms with Gasteiger partial charge in [0.25, 0.3) is 0 Å². The number of urea groups is 1. The lowest BCUT2D eigenvalue weighted by atomic mass is 10.3. The van der Waals surface area contributed by atoms with Crippen molar-refractivity contribution in [1.29, 1.82) is 0 Å². The first-order chi connectivity index (χ1) is 13.9. The topological polar surface area (TPSA) is 86.5 Å². The predicted octanol–water partition coefficient (Wildman–Crippen LogP) is 5.61. The van der Waals surface area contributed by atoms with Crippen LogP contribution in [-0.2, 0) is 0 Å². The molecule has 0 spiro atoms. The van der Waals surface area contributed by atoms with Gasteiger partial charge in [-0.15, -0.1) is 0 Å². The van der Waals surface area contributed by atoms with E-state index in [1.807, 2.05) is 24.3 Å². The molecule has 0 saturated carbocycles. The van der Waals surface area contributed by atoms with Crippen molar-refractivity contribution in [2.24, 2.45) is 5.73 Å². The molecule has 3 aromatic rings. The molecule has 150 valence electrons. The molecular weight excluding hydrogens is 481 g/mol. The van der Waals surface area contributed by atoms with E-state index in [0.29, 0.717) is 21.0 Å². The quantitative estimate of drug-likeness (QED) is 0.414. The van der Waals surface area contributed by atoms with Gasteiger partial charge >= 0.3 is 6.03 Å². The summed E-state index contributed by atoms with van der Waals surface area (Å²) in [7, 11) is 1.61. The molecule has 0 aliphatic carbocycles. The molecule has 0 fully saturated rings. The van der Waals surface area contributed by atoms with Crippen molar-refractivity contribution in [3.05, 3.63) is 65.0 Å². The van der Waals surface area contributed by atoms with Gasteiger partial charge in [0.05, 0.1) is 11.6 Å². The van der Waals surface area contributed by atoms with Crippen LogP contribution in [0.4, 0.5) is 9.18 Å². The van der Waals surface area contributed by atoms with E-state index in [0.717, 1.165) is 27.5 Å². The van der Waals surface area contributed by atoms with Gasteiger partial charge in [0.15, 0.2) is 10.8 Å². The molecular formula is C19H15BrFN3O3S2. The van der Waals surface area contributed by atoms with Gasteiger partial charge in [0.1, 0.15) is 17.3 Å². The van der Waals surface area contributed by atoms with Crippen molar-refractivity contribution < 1.29 is 18.7 Å². The summed E-state index contributed by atoms with van der Waals surface area (Å²) in [6.45, 7) is 0. The van der Waals surface area contributed by atoms with Crippen molar-refractivity contribution in [2.45, 2.75) is 14.8 Å². The highest BCUT2D eigenvalue weighted by Gasteiger charge is 2.13. The van der Waals surface area contributed by atoms with E-state index >= 15 is 0 Å². The van der Waals surface area contributed by atoms with E-state index in [9.17, 15) is 9.18 Å². The van der Waals surface area contributed by atoms with Crippen molar-refractivity contribution in [1.82, 2.24) is 9.71 Å². The van der Waals surface area contributed by atoms with Crippen LogP contribution >= 0.6 is 39.6 Å². The Balaban J connectivity index is 1.91. The van der Waals surface area contributed by atoms with Crippen LogP contribution in [0.25, 0.3) is 0 Å². The summed E-state index contributed by atoms with van der Waals surface area (Å²) in [6, 6.07) is 12.8. The zero-order chi connectivity index (χ0) is 20.8. The van der Waals surface area contributed by atoms with Gasteiger partial charge in [-0.3, -0.25) is 4.72 Å². The Morgan fingerprint density at radius 2 is 2.00 bits per heavy atom. The van der Waals surface area contributed by atoms with Gasteiger partial charge in [-0.2, -0.15) is 0 Å². The molecule has 0 saturated heterocycles. The second-order valence-corrected chi connectivity index (χ2v) is 8.30. The minimum Gasteiger partial charge on any atom is -0.497 e. The number of halogens is 2. The molecule has 2 aromatic carbocycles. The van der Waals surface area contributed by atoms with Gasteiger partial charge in [-0.25, -0.2) is 14.2 Å². The number of nitrogens with one attached hydrogen (secondary N) is 1. The van der Waals surface area contributed by atoms with Crippen molar-refractivity contribution >= 4 is 45.7 Å². The summed E-state index contributed by atoms with van der Waals surface area (Å²) >= 11 is 5.67. The van der Waals surface area contributed by atoms with Crippen LogP contribution in [0.2, 0.25) is 0 Å². The highest BCUT2D eigenvalue weighted by Crippen LogP contribution is 2.38. The first-order valence-corrected chi connectivity index (χ1v) is 10.5. The Morgan fingerprint density at radius 1 is 1.17 bits per heavy atom. The molecule has 1 aromatic heterocycles. The second-order valence-electron chi connectivity index (χ2n) is 5.50. The Morgan fingerprint density at radius 3 is 2.72 bits per heavy atom. The van der Waals surface area contributed by atoms with E-state index in [2.05, 4.69) is 25.6 Å². The molecule has 0 unspecified atom stereocenters. The van der Waals surface area contributed by atoms with Crippen LogP contribution in [0.3, 0.4) is 0 Å². The summed E-state index contributed by atoms with van der Waals surface area (Å²) < 4.78 is 27.4. The molecule has 3 N–H and O–H groups in total. The fraction of sp³-hybridized carbons (Fsp3) is 0.0526. The number of nitrogens with zero attached hydrogens (tertiary/aromatic N) is 1. The molecule has 10 heteroatoms. The van der Waals surface area contributed by atoms with E-state index in [1.165, 1.54) is 30.0 Å². The zero-order valence-corrected chi connectivity index (χ0v) is 18.2. The molecule has 3 rings (SSSR count). The number of nitrogens with two attached hydrogens (primary N) is 1. The highest BCUT2D eigenvalue weighted by atomic mass is 79.9. The normalized spacial score (nSPS) is 10.4. The third-order valence-electron chi connectivity index (χ3n) is 3.43. The van der Waals surface area contributed by atoms with Crippen LogP contribution in [-0.4, -0.2) is 18.1 Å². The average molecular weight is 496 g/mol. The van der Waals surface area contributed by atoms with Crippen LogP contribution < -0.4 is 19.9 Å². The minimum atomic E-state index is -0.708. The van der Waals surface area contributed by atoms with Gasteiger partial charge in [-0.1, -0.05) is 17.8 Å². The molecule has 29 heavy (non-hydrogen) atoms. The van der Waals surface area contributed by atoms with Crippen molar-refractivity contribution in [2.75, 3.05) is 7.11 Å². The lowest BCUT2D eigenvalue weighted by molar-refractivity contribution is 0.254. The summed E-state index contributed by atoms with van der Waals surface area (Å²) in [5.41, 5.74) is 5.14. The number of ether oxygens (including phenoxy) is 2. The Kier molecular flexibility index (Phi) is 7.24. The lowest BCUT2D eigenvalue weighted by Crippen LogP contribution is -2.23. The van der Waals surface area contributed by atoms with E-state index in [1.54, 1.807) is 19.4 Å². The largest absolute Gasteiger partial charge is 0.497 e. The first-order valence-electron chi connectivity index (χ1n) is 8.12. The number of hydrogen-bond acceptors (Lipinski definition) is 6. The van der Waals surface area contributed by atoms with Crippen LogP contribution in [0.5, 0.6) is 17.2 Å². The maximum atomic E-state index is 13.4. The van der Waals surface area contributed by atoms with Crippen LogP contribution in [0, 0.1) is 5.82 Å². The lowest BCUT2D eigenvalue weighted by Gasteiger charge is -2.13. The molecule has 2 amide bonds. The number of methoxy groups -OCH3 is 1. The molecule has 0 aliphatic heterocycles. The number of benzene rings is 2. The number of primary amides is 1. The second kappa shape index (κ2) is 9.86. The number of carbonyl (C=O) groups is 1. The Bertz CT molecular complexity index is 1040. The van der Waals surface area contributed by atoms with Crippen LogP contribution in [0.1, 0.15) is 0 Å². The maximum Gasteiger partial charge on any atom is 0.322 e. The SMILES string of the molecule is COc1cccc(Sc2cnc(SNC(N)=O)c(Oc3ccc(F)cc3Br)c2)c1. The van der Waals surface area contributed by atoms with Crippen molar-refractivity contribution in [3.8, 4) is 17.2 Å². The number of rotatable bonds is 7. The Hall–Kier alpha value is -2.43. The number of pyridine rings is 1. The molecule has 0 atom stereocenters. The summed E-state index contributed by atoms with van der Waals surface area (Å²) in [5, 5.41) is 0.398. The third kappa shape index (κ3) is 6.02. The fourth-order valence-electron chi connectivity index (χ4n) is 2.20. The van der Waals surface area contributed by atoms with Gasteiger partial charge in [0.2, 0.25) is 0 Å². The van der Waals surface area contributed by atoms with Gasteiger partial charge in [0, 0.05) is 27.9 Å². The average Bonchev–Trinajstić information content (AvgIpc) is 2.69. The minimum absolute atomic E-state index is 0.379. The summed E-state index contributed by atoms with van der Waals surface area (Å²) in [4.78, 5) is 17.2. The predicted molar refractivity (Wildman–Crippen MR) is 114 cm³/mol. The van der Waals surface area contributed by atoms with Crippen LogP contribution in [0.15, 0.2) is 74.0 Å². The molecule has 0 aliphatic rings. The molecule has 0 radical (unpaired) electrons. The number of amides is 2. The summed E-state index contributed by atoms with van der Waals surface area (Å²) in [5.74, 6) is 1.13. The number of hydrogen-bond donors (Lipinski definition) is 2.